The van der Waals surface area contributed by atoms with E-state index < -0.39 is 37.9 Å². The molecular weight excluding hydrogens is 792 g/mol. The van der Waals surface area contributed by atoms with E-state index in [9.17, 15) is 26.4 Å². The number of amides is 1. The van der Waals surface area contributed by atoms with E-state index in [-0.39, 0.29) is 19.2 Å². The fourth-order valence-electron chi connectivity index (χ4n) is 4.33. The number of hydrogen-bond donors (Lipinski definition) is 1. The van der Waals surface area contributed by atoms with Gasteiger partial charge in [-0.05, 0) is 75.9 Å². The van der Waals surface area contributed by atoms with Crippen molar-refractivity contribution in [1.29, 1.82) is 0 Å². The van der Waals surface area contributed by atoms with E-state index in [1.54, 1.807) is 21.0 Å². The van der Waals surface area contributed by atoms with Gasteiger partial charge in [0.05, 0.1) is 30.4 Å². The largest absolute Gasteiger partial charge is 0.534 e. The van der Waals surface area contributed by atoms with E-state index in [2.05, 4.69) is 51.5 Å². The molecule has 0 atom stereocenters. The summed E-state index contributed by atoms with van der Waals surface area (Å²) in [5.41, 5.74) is -1.98. The number of aryl methyl sites for hydroxylation is 2. The summed E-state index contributed by atoms with van der Waals surface area (Å²) >= 11 is 8.89. The molecule has 0 aliphatic rings. The van der Waals surface area contributed by atoms with Crippen LogP contribution in [0.4, 0.5) is 18.0 Å². The molecule has 8 nitrogen and oxygen atoms in total. The standard InChI is InChI=1S/C16H27NO3Si.C13H19F3O4SSi.CH4.S5/c1-10(2)17-16(18)20-13-9-11(3)12(4)14(19-5)15(13)21(6,7)8;1-8-7-10(20-21(17,18)13(14,15)16)12(22(4,5)6)11(19-3)9(8)2;;1-3-5-4-2/h9-10H,1-8H3,(H,17,18);7H,1-6H3;1H4;. The number of benzene rings is 2. The van der Waals surface area contributed by atoms with Crippen LogP contribution >= 0.6 is 0 Å². The Morgan fingerprint density at radius 2 is 1.18 bits per heavy atom. The molecule has 0 aromatic heterocycles. The monoisotopic (exact) mass is 841 g/mol. The predicted octanol–water partition coefficient (Wildman–Crippen LogP) is 7.06. The van der Waals surface area contributed by atoms with Gasteiger partial charge >= 0.3 is 21.7 Å². The van der Waals surface area contributed by atoms with E-state index in [1.807, 2.05) is 53.4 Å². The van der Waals surface area contributed by atoms with Gasteiger partial charge in [0.15, 0.2) is 0 Å². The Hall–Kier alpha value is -1.62. The molecule has 0 unspecified atom stereocenters. The first-order chi connectivity index (χ1) is 21.7. The van der Waals surface area contributed by atoms with Crippen molar-refractivity contribution in [3.63, 3.8) is 0 Å². The average Bonchev–Trinajstić information content (AvgIpc) is 2.90. The molecule has 1 N–H and O–H groups in total. The van der Waals surface area contributed by atoms with Crippen molar-refractivity contribution < 1.29 is 44.8 Å². The quantitative estimate of drug-likeness (QED) is 0.170. The highest BCUT2D eigenvalue weighted by Crippen LogP contribution is 2.33. The number of rotatable bonds is 8. The third-order valence-corrected chi connectivity index (χ3v) is 15.9. The van der Waals surface area contributed by atoms with E-state index in [4.69, 9.17) is 14.2 Å². The Bertz CT molecular complexity index is 1680. The second kappa shape index (κ2) is 20.4. The lowest BCUT2D eigenvalue weighted by Crippen LogP contribution is -2.42. The van der Waals surface area contributed by atoms with Gasteiger partial charge in [-0.15, -0.1) is 0 Å². The van der Waals surface area contributed by atoms with Crippen LogP contribution in [0.15, 0.2) is 12.1 Å². The summed E-state index contributed by atoms with van der Waals surface area (Å²) in [6, 6.07) is 3.29. The molecule has 0 aliphatic carbocycles. The van der Waals surface area contributed by atoms with E-state index in [0.29, 0.717) is 22.2 Å². The molecule has 0 radical (unpaired) electrons. The summed E-state index contributed by atoms with van der Waals surface area (Å²) in [6.07, 6.45) is -0.421. The fourth-order valence-corrected chi connectivity index (χ4v) is 11.3. The van der Waals surface area contributed by atoms with Crippen molar-refractivity contribution in [1.82, 2.24) is 5.32 Å². The first-order valence-corrected chi connectivity index (χ1v) is 28.1. The Kier molecular flexibility index (Phi) is 20.6. The topological polar surface area (TPSA) is 100 Å². The number of halogens is 3. The van der Waals surface area contributed by atoms with Crippen molar-refractivity contribution in [2.45, 2.75) is 99.8 Å². The number of methoxy groups -OCH3 is 2. The number of nitrogens with one attached hydrogen (secondary N) is 1. The van der Waals surface area contributed by atoms with Crippen molar-refractivity contribution in [3.8, 4) is 23.0 Å². The maximum atomic E-state index is 12.6. The number of carbonyl (C=O) groups excluding carboxylic acids is 1. The van der Waals surface area contributed by atoms with Crippen LogP contribution in [-0.4, -0.2) is 56.4 Å². The van der Waals surface area contributed by atoms with E-state index >= 15 is 0 Å². The van der Waals surface area contributed by atoms with Crippen LogP contribution in [0.3, 0.4) is 0 Å². The minimum atomic E-state index is -5.72. The lowest BCUT2D eigenvalue weighted by atomic mass is 10.1. The van der Waals surface area contributed by atoms with Crippen LogP contribution in [0.5, 0.6) is 23.0 Å². The second-order valence-electron chi connectivity index (χ2n) is 12.8. The zero-order valence-electron chi connectivity index (χ0n) is 29.7. The summed E-state index contributed by atoms with van der Waals surface area (Å²) in [5, 5.41) is 4.21. The van der Waals surface area contributed by atoms with Crippen molar-refractivity contribution >= 4 is 91.8 Å². The Morgan fingerprint density at radius 3 is 1.47 bits per heavy atom. The second-order valence-corrected chi connectivity index (χ2v) is 29.7. The lowest BCUT2D eigenvalue weighted by molar-refractivity contribution is -0.0499. The summed E-state index contributed by atoms with van der Waals surface area (Å²) in [5.74, 6) is 1.54. The van der Waals surface area contributed by atoms with Gasteiger partial charge in [-0.25, -0.2) is 4.79 Å². The zero-order chi connectivity index (χ0) is 38.0. The summed E-state index contributed by atoms with van der Waals surface area (Å²) in [7, 11) is -2.68. The minimum Gasteiger partial charge on any atom is -0.496 e. The first-order valence-electron chi connectivity index (χ1n) is 14.3. The van der Waals surface area contributed by atoms with Gasteiger partial charge in [-0.1, -0.05) is 46.7 Å². The van der Waals surface area contributed by atoms with Crippen LogP contribution in [0.1, 0.15) is 43.5 Å². The fraction of sp³-hybridized carbons (Fsp3) is 0.567. The maximum absolute atomic E-state index is 12.6. The lowest BCUT2D eigenvalue weighted by Gasteiger charge is -2.26. The number of alkyl halides is 3. The van der Waals surface area contributed by atoms with E-state index in [1.165, 1.54) is 39.8 Å². The molecule has 0 heterocycles. The van der Waals surface area contributed by atoms with Gasteiger partial charge in [0.2, 0.25) is 0 Å². The smallest absolute Gasteiger partial charge is 0.496 e. The highest BCUT2D eigenvalue weighted by atomic mass is 33.3. The van der Waals surface area contributed by atoms with E-state index in [0.717, 1.165) is 27.6 Å². The van der Waals surface area contributed by atoms with Gasteiger partial charge in [0.25, 0.3) is 0 Å². The van der Waals surface area contributed by atoms with Crippen molar-refractivity contribution in [2.75, 3.05) is 14.2 Å². The molecule has 0 bridgehead atoms. The highest BCUT2D eigenvalue weighted by molar-refractivity contribution is 8.59. The van der Waals surface area contributed by atoms with Gasteiger partial charge in [-0.2, -0.15) is 21.6 Å². The molecule has 282 valence electrons. The molecule has 1 amide bonds. The zero-order valence-corrected chi connectivity index (χ0v) is 36.6. The van der Waals surface area contributed by atoms with Gasteiger partial charge in [-0.3, -0.25) is 0 Å². The minimum absolute atomic E-state index is 0. The number of carbonyl (C=O) groups is 1. The van der Waals surface area contributed by atoms with Gasteiger partial charge in [0, 0.05) is 65.4 Å². The predicted molar refractivity (Wildman–Crippen MR) is 214 cm³/mol. The molecule has 2 aromatic rings. The van der Waals surface area contributed by atoms with Crippen molar-refractivity contribution in [2.24, 2.45) is 0 Å². The number of hydrogen-bond acceptors (Lipinski definition) is 9. The molecule has 2 rings (SSSR count). The van der Waals surface area contributed by atoms with Crippen molar-refractivity contribution in [3.05, 3.63) is 34.4 Å². The summed E-state index contributed by atoms with van der Waals surface area (Å²) in [6.45, 7) is 23.5. The highest BCUT2D eigenvalue weighted by Gasteiger charge is 2.49. The summed E-state index contributed by atoms with van der Waals surface area (Å²) in [4.78, 5) is 11.9. The molecule has 0 spiro atoms. The SMILES string of the molecule is C.COc1c(C)c(C)cc(OC(=O)NC(C)C)c1[Si](C)(C)C.COc1c(C)c(C)cc(OS(=O)(=O)C(F)(F)F)c1[Si](C)(C)C.S=S=S=S=S. The molecule has 0 saturated carbocycles. The van der Waals surface area contributed by atoms with Crippen LogP contribution in [0, 0.1) is 27.7 Å². The molecular formula is C30H50F3NO7S6Si2. The van der Waals surface area contributed by atoms with Crippen LogP contribution in [0.25, 0.3) is 0 Å². The molecule has 0 saturated heterocycles. The van der Waals surface area contributed by atoms with Gasteiger partial charge < -0.3 is 23.7 Å². The summed E-state index contributed by atoms with van der Waals surface area (Å²) < 4.78 is 81.3. The molecule has 2 aromatic carbocycles. The third-order valence-electron chi connectivity index (χ3n) is 6.56. The molecule has 49 heavy (non-hydrogen) atoms. The van der Waals surface area contributed by atoms with Crippen LogP contribution in [-0.2, 0) is 59.1 Å². The maximum Gasteiger partial charge on any atom is 0.534 e. The van der Waals surface area contributed by atoms with Crippen LogP contribution < -0.4 is 34.1 Å². The Labute approximate surface area is 311 Å². The number of ether oxygens (including phenoxy) is 3. The molecule has 0 fully saturated rings. The Morgan fingerprint density at radius 1 is 0.816 bits per heavy atom. The first kappa shape index (κ1) is 49.5. The molecule has 19 heteroatoms. The normalized spacial score (nSPS) is 11.4. The van der Waals surface area contributed by atoms with Crippen LogP contribution in [0.2, 0.25) is 39.3 Å². The molecule has 0 aliphatic heterocycles. The third kappa shape index (κ3) is 14.9. The average molecular weight is 842 g/mol. The Balaban J connectivity index is 0. The van der Waals surface area contributed by atoms with Gasteiger partial charge in [0.1, 0.15) is 23.0 Å².